The van der Waals surface area contributed by atoms with Crippen LogP contribution >= 0.6 is 18.5 Å². The lowest BCUT2D eigenvalue weighted by Gasteiger charge is -2.15. The Morgan fingerprint density at radius 3 is 2.28 bits per heavy atom. The highest BCUT2D eigenvalue weighted by Crippen LogP contribution is 2.43. The van der Waals surface area contributed by atoms with Gasteiger partial charge in [-0.05, 0) is 38.4 Å². The average molecular weight is 484 g/mol. The highest BCUT2D eigenvalue weighted by molar-refractivity contribution is 7.71. The molecule has 0 saturated carbocycles. The molecule has 0 aliphatic carbocycles. The molecule has 0 aliphatic heterocycles. The van der Waals surface area contributed by atoms with Gasteiger partial charge in [0.2, 0.25) is 5.95 Å². The Morgan fingerprint density at radius 2 is 1.72 bits per heavy atom. The van der Waals surface area contributed by atoms with Gasteiger partial charge in [0.05, 0.1) is 0 Å². The molecule has 2 aromatic heterocycles. The standard InChI is InChI=1S/C21H25F3N5OPS/c1-5-31(30,6-2)15-9-7-14(8-10-15)27-20-26-12-17(21(22,23)24)18(28-20)19-25-11-16(32-19)13-29(3)4/h7-12H,5-6,13H2,1-4H3,(H,26,27,28). The fourth-order valence-corrected chi connectivity index (χ4v) is 6.05. The molecule has 0 radical (unpaired) electrons. The minimum absolute atomic E-state index is 0.0271. The number of alkyl halides is 3. The molecule has 0 bridgehead atoms. The molecule has 1 aromatic carbocycles. The van der Waals surface area contributed by atoms with Gasteiger partial charge in [-0.2, -0.15) is 13.2 Å². The number of halogens is 3. The van der Waals surface area contributed by atoms with Crippen LogP contribution < -0.4 is 10.6 Å². The molecule has 0 unspecified atom stereocenters. The van der Waals surface area contributed by atoms with Crippen LogP contribution in [-0.4, -0.2) is 46.3 Å². The molecular weight excluding hydrogens is 458 g/mol. The van der Waals surface area contributed by atoms with Gasteiger partial charge in [-0.15, -0.1) is 11.3 Å². The van der Waals surface area contributed by atoms with Gasteiger partial charge >= 0.3 is 6.18 Å². The molecule has 0 fully saturated rings. The van der Waals surface area contributed by atoms with Gasteiger partial charge in [0.15, 0.2) is 0 Å². The summed E-state index contributed by atoms with van der Waals surface area (Å²) in [6.45, 7) is 4.37. The molecular formula is C21H25F3N5OPS. The summed E-state index contributed by atoms with van der Waals surface area (Å²) in [6, 6.07) is 7.00. The van der Waals surface area contributed by atoms with E-state index in [0.717, 1.165) is 16.4 Å². The molecule has 1 N–H and O–H groups in total. The summed E-state index contributed by atoms with van der Waals surface area (Å²) in [6.07, 6.45) is -1.12. The molecule has 3 aromatic rings. The van der Waals surface area contributed by atoms with Crippen LogP contribution in [0.5, 0.6) is 0 Å². The molecule has 0 atom stereocenters. The molecule has 2 heterocycles. The predicted octanol–water partition coefficient (Wildman–Crippen LogP) is 5.45. The Kier molecular flexibility index (Phi) is 7.37. The van der Waals surface area contributed by atoms with Crippen LogP contribution in [0.2, 0.25) is 0 Å². The minimum atomic E-state index is -4.61. The Balaban J connectivity index is 1.93. The van der Waals surface area contributed by atoms with Gasteiger partial charge in [0.1, 0.15) is 23.4 Å². The van der Waals surface area contributed by atoms with Gasteiger partial charge in [0.25, 0.3) is 0 Å². The van der Waals surface area contributed by atoms with Crippen molar-refractivity contribution in [1.82, 2.24) is 19.9 Å². The highest BCUT2D eigenvalue weighted by atomic mass is 32.1. The van der Waals surface area contributed by atoms with Crippen LogP contribution in [0.4, 0.5) is 24.8 Å². The van der Waals surface area contributed by atoms with Crippen molar-refractivity contribution in [3.63, 3.8) is 0 Å². The van der Waals surface area contributed by atoms with Crippen molar-refractivity contribution < 1.29 is 17.7 Å². The first-order valence-corrected chi connectivity index (χ1v) is 12.9. The largest absolute Gasteiger partial charge is 0.420 e. The SMILES string of the molecule is CCP(=O)(CC)c1ccc(Nc2ncc(C(F)(F)F)c(-c3ncc(CN(C)C)s3)n2)cc1. The second-order valence-electron chi connectivity index (χ2n) is 7.52. The van der Waals surface area contributed by atoms with Crippen LogP contribution in [-0.2, 0) is 17.3 Å². The monoisotopic (exact) mass is 483 g/mol. The smallest absolute Gasteiger partial charge is 0.324 e. The van der Waals surface area contributed by atoms with Crippen molar-refractivity contribution in [1.29, 1.82) is 0 Å². The van der Waals surface area contributed by atoms with Gasteiger partial charge in [0, 0.05) is 47.1 Å². The van der Waals surface area contributed by atoms with E-state index in [4.69, 9.17) is 0 Å². The van der Waals surface area contributed by atoms with Crippen molar-refractivity contribution in [2.24, 2.45) is 0 Å². The molecule has 0 spiro atoms. The first-order valence-electron chi connectivity index (χ1n) is 10.1. The summed E-state index contributed by atoms with van der Waals surface area (Å²) >= 11 is 1.17. The summed E-state index contributed by atoms with van der Waals surface area (Å²) in [5, 5.41) is 3.89. The average Bonchev–Trinajstić information content (AvgIpc) is 3.20. The number of nitrogens with zero attached hydrogens (tertiary/aromatic N) is 4. The van der Waals surface area contributed by atoms with E-state index < -0.39 is 18.9 Å². The third-order valence-electron chi connectivity index (χ3n) is 4.94. The van der Waals surface area contributed by atoms with E-state index >= 15 is 0 Å². The van der Waals surface area contributed by atoms with E-state index in [1.165, 1.54) is 11.3 Å². The number of thiazole rings is 1. The summed E-state index contributed by atoms with van der Waals surface area (Å²) in [4.78, 5) is 14.9. The van der Waals surface area contributed by atoms with Gasteiger partial charge < -0.3 is 14.8 Å². The van der Waals surface area contributed by atoms with E-state index in [2.05, 4.69) is 20.3 Å². The van der Waals surface area contributed by atoms with E-state index in [1.807, 2.05) is 32.8 Å². The lowest BCUT2D eigenvalue weighted by molar-refractivity contribution is -0.137. The zero-order valence-electron chi connectivity index (χ0n) is 18.3. The van der Waals surface area contributed by atoms with Gasteiger partial charge in [-0.25, -0.2) is 15.0 Å². The molecule has 0 aliphatic rings. The second-order valence-corrected chi connectivity index (χ2v) is 12.2. The third-order valence-corrected chi connectivity index (χ3v) is 9.21. The second kappa shape index (κ2) is 9.68. The third kappa shape index (κ3) is 5.54. The predicted molar refractivity (Wildman–Crippen MR) is 124 cm³/mol. The van der Waals surface area contributed by atoms with E-state index in [9.17, 15) is 17.7 Å². The first-order chi connectivity index (χ1) is 15.1. The number of benzene rings is 1. The van der Waals surface area contributed by atoms with E-state index in [0.29, 0.717) is 24.6 Å². The summed E-state index contributed by atoms with van der Waals surface area (Å²) in [5.74, 6) is 0.0271. The van der Waals surface area contributed by atoms with Gasteiger partial charge in [-0.1, -0.05) is 13.8 Å². The molecule has 0 amide bonds. The molecule has 172 valence electrons. The maximum absolute atomic E-state index is 13.6. The lowest BCUT2D eigenvalue weighted by Crippen LogP contribution is -2.11. The summed E-state index contributed by atoms with van der Waals surface area (Å²) < 4.78 is 53.6. The molecule has 32 heavy (non-hydrogen) atoms. The molecule has 6 nitrogen and oxygen atoms in total. The Bertz CT molecular complexity index is 1110. The number of rotatable bonds is 8. The molecule has 3 rings (SSSR count). The quantitative estimate of drug-likeness (QED) is 0.430. The van der Waals surface area contributed by atoms with Crippen molar-refractivity contribution >= 4 is 35.4 Å². The topological polar surface area (TPSA) is 71.0 Å². The fraction of sp³-hybridized carbons (Fsp3) is 0.381. The first kappa shape index (κ1) is 24.4. The summed E-state index contributed by atoms with van der Waals surface area (Å²) in [7, 11) is 1.34. The maximum atomic E-state index is 13.6. The zero-order chi connectivity index (χ0) is 23.5. The van der Waals surface area contributed by atoms with Crippen molar-refractivity contribution in [2.45, 2.75) is 26.6 Å². The van der Waals surface area contributed by atoms with Crippen LogP contribution in [0.15, 0.2) is 36.7 Å². The molecule has 0 saturated heterocycles. The fourth-order valence-electron chi connectivity index (χ4n) is 3.15. The number of aromatic nitrogens is 3. The number of hydrogen-bond acceptors (Lipinski definition) is 7. The Labute approximate surface area is 189 Å². The highest BCUT2D eigenvalue weighted by Gasteiger charge is 2.36. The van der Waals surface area contributed by atoms with Crippen molar-refractivity contribution in [3.8, 4) is 10.7 Å². The number of anilines is 2. The van der Waals surface area contributed by atoms with E-state index in [1.54, 1.807) is 30.5 Å². The summed E-state index contributed by atoms with van der Waals surface area (Å²) in [5.41, 5.74) is -0.607. The maximum Gasteiger partial charge on any atom is 0.420 e. The lowest BCUT2D eigenvalue weighted by atomic mass is 10.2. The normalized spacial score (nSPS) is 12.4. The van der Waals surface area contributed by atoms with E-state index in [-0.39, 0.29) is 16.6 Å². The minimum Gasteiger partial charge on any atom is -0.324 e. The van der Waals surface area contributed by atoms with Crippen molar-refractivity contribution in [2.75, 3.05) is 31.7 Å². The Morgan fingerprint density at radius 1 is 1.06 bits per heavy atom. The van der Waals surface area contributed by atoms with Crippen LogP contribution in [0.25, 0.3) is 10.7 Å². The number of hydrogen-bond donors (Lipinski definition) is 1. The zero-order valence-corrected chi connectivity index (χ0v) is 20.0. The van der Waals surface area contributed by atoms with Crippen LogP contribution in [0.1, 0.15) is 24.3 Å². The van der Waals surface area contributed by atoms with Crippen molar-refractivity contribution in [3.05, 3.63) is 47.1 Å². The van der Waals surface area contributed by atoms with Gasteiger partial charge in [-0.3, -0.25) is 0 Å². The van der Waals surface area contributed by atoms with Crippen LogP contribution in [0.3, 0.4) is 0 Å². The van der Waals surface area contributed by atoms with Crippen LogP contribution in [0, 0.1) is 0 Å². The Hall–Kier alpha value is -2.29. The number of nitrogens with one attached hydrogen (secondary N) is 1. The molecule has 11 heteroatoms.